The first-order chi connectivity index (χ1) is 9.41. The fourth-order valence-electron chi connectivity index (χ4n) is 3.79. The number of aliphatic carboxylic acids is 1. The van der Waals surface area contributed by atoms with Gasteiger partial charge in [0.05, 0.1) is 5.92 Å². The van der Waals surface area contributed by atoms with Crippen molar-refractivity contribution in [3.63, 3.8) is 0 Å². The summed E-state index contributed by atoms with van der Waals surface area (Å²) in [5.74, 6) is -1.86. The lowest BCUT2D eigenvalue weighted by Gasteiger charge is -2.33. The van der Waals surface area contributed by atoms with Gasteiger partial charge in [-0.15, -0.1) is 0 Å². The molecule has 3 aliphatic rings. The Morgan fingerprint density at radius 2 is 2.15 bits per heavy atom. The fraction of sp³-hybridized carbons (Fsp3) is 0.846. The average Bonchev–Trinajstić information content (AvgIpc) is 2.96. The van der Waals surface area contributed by atoms with Crippen LogP contribution in [0.15, 0.2) is 0 Å². The summed E-state index contributed by atoms with van der Waals surface area (Å²) in [6.45, 7) is 1.62. The molecule has 112 valence electrons. The highest BCUT2D eigenvalue weighted by atomic mass is 127. The van der Waals surface area contributed by atoms with Crippen molar-refractivity contribution >= 4 is 34.7 Å². The molecule has 1 aliphatic carbocycles. The van der Waals surface area contributed by atoms with Crippen molar-refractivity contribution in [1.29, 1.82) is 0 Å². The summed E-state index contributed by atoms with van der Waals surface area (Å²) in [5.41, 5.74) is -1.72. The average molecular weight is 396 g/mol. The van der Waals surface area contributed by atoms with E-state index >= 15 is 0 Å². The predicted molar refractivity (Wildman–Crippen MR) is 78.0 cm³/mol. The zero-order valence-electron chi connectivity index (χ0n) is 11.1. The molecule has 1 amide bonds. The molecule has 0 aromatic rings. The number of carboxylic acid groups (broad SMARTS) is 1. The van der Waals surface area contributed by atoms with Crippen molar-refractivity contribution in [3.05, 3.63) is 0 Å². The van der Waals surface area contributed by atoms with Crippen LogP contribution in [-0.4, -0.2) is 56.3 Å². The number of fused-ring (bicyclic) bond motifs is 1. The van der Waals surface area contributed by atoms with E-state index in [2.05, 4.69) is 22.9 Å². The third-order valence-electron chi connectivity index (χ3n) is 5.01. The smallest absolute Gasteiger partial charge is 0.306 e. The summed E-state index contributed by atoms with van der Waals surface area (Å²) < 4.78 is 17.0. The minimum absolute atomic E-state index is 0.0931. The summed E-state index contributed by atoms with van der Waals surface area (Å²) >= 11 is 2.17. The number of hydrogen-bond donors (Lipinski definition) is 1. The van der Waals surface area contributed by atoms with E-state index in [0.717, 1.165) is 0 Å². The van der Waals surface area contributed by atoms with Gasteiger partial charge in [0.25, 0.3) is 5.91 Å². The van der Waals surface area contributed by atoms with E-state index in [0.29, 0.717) is 38.9 Å². The second-order valence-corrected chi connectivity index (χ2v) is 7.50. The van der Waals surface area contributed by atoms with Crippen LogP contribution in [-0.2, 0) is 9.59 Å². The van der Waals surface area contributed by atoms with Gasteiger partial charge in [0, 0.05) is 60.9 Å². The second-order valence-electron chi connectivity index (χ2n) is 6.14. The third kappa shape index (κ3) is 2.22. The Kier molecular flexibility index (Phi) is 3.68. The van der Waals surface area contributed by atoms with Gasteiger partial charge in [0.1, 0.15) is 0 Å². The number of likely N-dealkylation sites (tertiary alicyclic amines) is 1. The van der Waals surface area contributed by atoms with Crippen LogP contribution >= 0.6 is 22.9 Å². The molecular weight excluding hydrogens is 378 g/mol. The van der Waals surface area contributed by atoms with E-state index < -0.39 is 17.5 Å². The van der Waals surface area contributed by atoms with Crippen LogP contribution in [0, 0.1) is 11.8 Å². The summed E-state index contributed by atoms with van der Waals surface area (Å²) in [5, 5.41) is 9.05. The number of hydrogen-bond acceptors (Lipinski definition) is 3. The molecule has 2 aliphatic heterocycles. The fourth-order valence-corrected chi connectivity index (χ4v) is 4.50. The monoisotopic (exact) mass is 396 g/mol. The van der Waals surface area contributed by atoms with Crippen LogP contribution in [0.5, 0.6) is 0 Å². The summed E-state index contributed by atoms with van der Waals surface area (Å²) in [7, 11) is 0. The Balaban J connectivity index is 1.73. The first-order valence-corrected chi connectivity index (χ1v) is 8.02. The number of amides is 1. The molecule has 0 aromatic heterocycles. The number of rotatable bonds is 2. The van der Waals surface area contributed by atoms with Gasteiger partial charge in [-0.1, -0.05) is 0 Å². The van der Waals surface area contributed by atoms with Gasteiger partial charge < -0.3 is 10.0 Å². The molecule has 1 N–H and O–H groups in total. The van der Waals surface area contributed by atoms with Gasteiger partial charge in [0.15, 0.2) is 5.67 Å². The topological polar surface area (TPSA) is 60.9 Å². The Morgan fingerprint density at radius 3 is 2.80 bits per heavy atom. The van der Waals surface area contributed by atoms with Crippen molar-refractivity contribution in [3.8, 4) is 0 Å². The number of piperidine rings is 1. The van der Waals surface area contributed by atoms with Crippen LogP contribution in [0.4, 0.5) is 4.39 Å². The molecule has 20 heavy (non-hydrogen) atoms. The normalized spacial score (nSPS) is 42.0. The Labute approximate surface area is 131 Å². The van der Waals surface area contributed by atoms with Crippen molar-refractivity contribution in [2.75, 3.05) is 19.6 Å². The molecule has 3 fully saturated rings. The minimum atomic E-state index is -1.72. The van der Waals surface area contributed by atoms with Crippen molar-refractivity contribution in [2.45, 2.75) is 37.4 Å². The van der Waals surface area contributed by atoms with Crippen molar-refractivity contribution in [1.82, 2.24) is 8.01 Å². The molecule has 7 heteroatoms. The zero-order valence-corrected chi connectivity index (χ0v) is 13.3. The lowest BCUT2D eigenvalue weighted by atomic mass is 9.86. The van der Waals surface area contributed by atoms with Crippen LogP contribution in [0.3, 0.4) is 0 Å². The standard InChI is InChI=1S/C13H18FIN2O3/c14-13-3-4-16(15)6-9(13)7-17(12(13)20)10-2-1-8(5-10)11(18)19/h8-10H,1-7H2,(H,18,19)/t8?,9-,10?,13+/m0/s1. The number of alkyl halides is 1. The molecule has 2 unspecified atom stereocenters. The first kappa shape index (κ1) is 14.5. The largest absolute Gasteiger partial charge is 0.481 e. The van der Waals surface area contributed by atoms with E-state index in [1.165, 1.54) is 0 Å². The van der Waals surface area contributed by atoms with Gasteiger partial charge in [-0.2, -0.15) is 0 Å². The molecule has 2 saturated heterocycles. The third-order valence-corrected chi connectivity index (χ3v) is 5.89. The number of carbonyl (C=O) groups excluding carboxylic acids is 1. The van der Waals surface area contributed by atoms with Crippen LogP contribution in [0.1, 0.15) is 25.7 Å². The van der Waals surface area contributed by atoms with E-state index in [9.17, 15) is 14.0 Å². The SMILES string of the molecule is O=C(O)C1CCC(N2C[C@@H]3CN(I)CC[C@]3(F)C2=O)C1. The molecule has 2 heterocycles. The van der Waals surface area contributed by atoms with Crippen LogP contribution < -0.4 is 0 Å². The molecule has 5 nitrogen and oxygen atoms in total. The molecule has 0 aromatic carbocycles. The van der Waals surface area contributed by atoms with E-state index in [-0.39, 0.29) is 24.3 Å². The highest BCUT2D eigenvalue weighted by molar-refractivity contribution is 14.1. The summed E-state index contributed by atoms with van der Waals surface area (Å²) in [4.78, 5) is 25.1. The van der Waals surface area contributed by atoms with Crippen LogP contribution in [0.2, 0.25) is 0 Å². The number of carbonyl (C=O) groups is 2. The Bertz CT molecular complexity index is 449. The highest BCUT2D eigenvalue weighted by Crippen LogP contribution is 2.43. The van der Waals surface area contributed by atoms with Crippen molar-refractivity contribution in [2.24, 2.45) is 11.8 Å². The molecular formula is C13H18FIN2O3. The Hall–Kier alpha value is -0.440. The van der Waals surface area contributed by atoms with Crippen LogP contribution in [0.25, 0.3) is 0 Å². The van der Waals surface area contributed by atoms with E-state index in [1.807, 2.05) is 3.11 Å². The lowest BCUT2D eigenvalue weighted by molar-refractivity contribution is -0.144. The maximum Gasteiger partial charge on any atom is 0.306 e. The van der Waals surface area contributed by atoms with E-state index in [4.69, 9.17) is 5.11 Å². The van der Waals surface area contributed by atoms with Gasteiger partial charge in [0.2, 0.25) is 0 Å². The number of halogens is 2. The maximum absolute atomic E-state index is 14.9. The first-order valence-electron chi connectivity index (χ1n) is 7.05. The van der Waals surface area contributed by atoms with Gasteiger partial charge >= 0.3 is 5.97 Å². The zero-order chi connectivity index (χ0) is 14.5. The maximum atomic E-state index is 14.9. The quantitative estimate of drug-likeness (QED) is 0.567. The molecule has 1 saturated carbocycles. The Morgan fingerprint density at radius 1 is 1.40 bits per heavy atom. The molecule has 0 spiro atoms. The van der Waals surface area contributed by atoms with Crippen molar-refractivity contribution < 1.29 is 19.1 Å². The van der Waals surface area contributed by atoms with E-state index in [1.54, 1.807) is 4.90 Å². The molecule has 0 radical (unpaired) electrons. The van der Waals surface area contributed by atoms with Gasteiger partial charge in [-0.3, -0.25) is 9.59 Å². The summed E-state index contributed by atoms with van der Waals surface area (Å²) in [6, 6.07) is -0.0931. The summed E-state index contributed by atoms with van der Waals surface area (Å²) in [6.07, 6.45) is 1.99. The predicted octanol–water partition coefficient (Wildman–Crippen LogP) is 1.46. The number of carboxylic acids is 1. The second kappa shape index (κ2) is 5.08. The minimum Gasteiger partial charge on any atom is -0.481 e. The lowest BCUT2D eigenvalue weighted by Crippen LogP contribution is -2.48. The van der Waals surface area contributed by atoms with Gasteiger partial charge in [-0.25, -0.2) is 7.50 Å². The molecule has 4 atom stereocenters. The number of nitrogens with zero attached hydrogens (tertiary/aromatic N) is 2. The highest BCUT2D eigenvalue weighted by Gasteiger charge is 2.58. The molecule has 3 rings (SSSR count). The molecule has 0 bridgehead atoms. The van der Waals surface area contributed by atoms with Gasteiger partial charge in [-0.05, 0) is 19.3 Å².